The minimum absolute atomic E-state index is 0.110. The van der Waals surface area contributed by atoms with Gasteiger partial charge in [0.15, 0.2) is 0 Å². The van der Waals surface area contributed by atoms with Crippen molar-refractivity contribution in [2.45, 2.75) is 64.2 Å². The van der Waals surface area contributed by atoms with Gasteiger partial charge in [0, 0.05) is 13.1 Å². The van der Waals surface area contributed by atoms with Gasteiger partial charge in [0.2, 0.25) is 0 Å². The van der Waals surface area contributed by atoms with E-state index in [2.05, 4.69) is 0 Å². The van der Waals surface area contributed by atoms with Gasteiger partial charge in [0.1, 0.15) is 5.60 Å². The normalized spacial score (nSPS) is 26.3. The highest BCUT2D eigenvalue weighted by Crippen LogP contribution is 2.23. The molecule has 0 aromatic carbocycles. The van der Waals surface area contributed by atoms with Gasteiger partial charge in [0.05, 0.1) is 6.10 Å². The second-order valence-electron chi connectivity index (χ2n) is 5.57. The summed E-state index contributed by atoms with van der Waals surface area (Å²) in [5, 5.41) is 9.56. The van der Waals surface area contributed by atoms with Crippen LogP contribution in [0.2, 0.25) is 0 Å². The average molecular weight is 229 g/mol. The van der Waals surface area contributed by atoms with E-state index in [1.807, 2.05) is 20.8 Å². The number of carbonyl (C=O) groups is 1. The van der Waals surface area contributed by atoms with Crippen molar-refractivity contribution in [2.24, 2.45) is 0 Å². The number of carbonyl (C=O) groups excluding carboxylic acids is 1. The minimum Gasteiger partial charge on any atom is -0.444 e. The van der Waals surface area contributed by atoms with Crippen LogP contribution in [0.5, 0.6) is 0 Å². The molecule has 1 aliphatic carbocycles. The molecule has 1 amide bonds. The molecule has 0 saturated heterocycles. The lowest BCUT2D eigenvalue weighted by Gasteiger charge is -2.34. The van der Waals surface area contributed by atoms with Crippen LogP contribution in [0.1, 0.15) is 46.5 Å². The largest absolute Gasteiger partial charge is 0.444 e. The lowest BCUT2D eigenvalue weighted by atomic mass is 9.92. The van der Waals surface area contributed by atoms with E-state index in [1.54, 1.807) is 11.9 Å². The molecule has 0 aromatic rings. The molecular weight excluding hydrogens is 206 g/mol. The Morgan fingerprint density at radius 3 is 2.50 bits per heavy atom. The van der Waals surface area contributed by atoms with Gasteiger partial charge in [0.25, 0.3) is 0 Å². The Bertz CT molecular complexity index is 247. The van der Waals surface area contributed by atoms with Crippen LogP contribution in [-0.4, -0.2) is 40.9 Å². The summed E-state index contributed by atoms with van der Waals surface area (Å²) in [6.07, 6.45) is 2.86. The number of hydrogen-bond donors (Lipinski definition) is 1. The van der Waals surface area contributed by atoms with Crippen LogP contribution >= 0.6 is 0 Å². The fraction of sp³-hybridized carbons (Fsp3) is 0.917. The summed E-state index contributed by atoms with van der Waals surface area (Å²) < 4.78 is 5.29. The molecule has 94 valence electrons. The van der Waals surface area contributed by atoms with Crippen LogP contribution in [0.15, 0.2) is 0 Å². The zero-order chi connectivity index (χ0) is 12.3. The Kier molecular flexibility index (Phi) is 4.19. The van der Waals surface area contributed by atoms with Crippen LogP contribution < -0.4 is 0 Å². The van der Waals surface area contributed by atoms with Gasteiger partial charge in [-0.25, -0.2) is 4.79 Å². The summed E-state index contributed by atoms with van der Waals surface area (Å²) >= 11 is 0. The Balaban J connectivity index is 2.49. The number of ether oxygens (including phenoxy) is 1. The van der Waals surface area contributed by atoms with Crippen LogP contribution in [0.25, 0.3) is 0 Å². The fourth-order valence-corrected chi connectivity index (χ4v) is 1.97. The average Bonchev–Trinajstić information content (AvgIpc) is 2.14. The molecule has 0 spiro atoms. The zero-order valence-electron chi connectivity index (χ0n) is 10.7. The lowest BCUT2D eigenvalue weighted by molar-refractivity contribution is 0.00945. The maximum absolute atomic E-state index is 11.8. The number of nitrogens with zero attached hydrogens (tertiary/aromatic N) is 1. The van der Waals surface area contributed by atoms with E-state index in [1.165, 1.54) is 0 Å². The first-order valence-corrected chi connectivity index (χ1v) is 5.93. The van der Waals surface area contributed by atoms with Crippen molar-refractivity contribution in [3.05, 3.63) is 0 Å². The SMILES string of the molecule is CN(C(=O)OC(C)(C)C)[C@@H]1CCC[C@@H](O)C1. The van der Waals surface area contributed by atoms with Crippen molar-refractivity contribution in [1.29, 1.82) is 0 Å². The molecule has 16 heavy (non-hydrogen) atoms. The monoisotopic (exact) mass is 229 g/mol. The standard InChI is InChI=1S/C12H23NO3/c1-12(2,3)16-11(15)13(4)9-6-5-7-10(14)8-9/h9-10,14H,5-8H2,1-4H3/t9-,10-/m1/s1. The van der Waals surface area contributed by atoms with Gasteiger partial charge in [-0.05, 0) is 46.5 Å². The van der Waals surface area contributed by atoms with E-state index in [9.17, 15) is 9.90 Å². The third kappa shape index (κ3) is 4.00. The smallest absolute Gasteiger partial charge is 0.410 e. The first-order chi connectivity index (χ1) is 7.29. The van der Waals surface area contributed by atoms with Gasteiger partial charge >= 0.3 is 6.09 Å². The second-order valence-corrected chi connectivity index (χ2v) is 5.57. The summed E-state index contributed by atoms with van der Waals surface area (Å²) in [5.74, 6) is 0. The van der Waals surface area contributed by atoms with Gasteiger partial charge in [-0.1, -0.05) is 0 Å². The van der Waals surface area contributed by atoms with E-state index in [0.29, 0.717) is 6.42 Å². The number of rotatable bonds is 1. The van der Waals surface area contributed by atoms with Crippen molar-refractivity contribution in [1.82, 2.24) is 4.90 Å². The molecule has 0 aliphatic heterocycles. The predicted molar refractivity (Wildman–Crippen MR) is 62.3 cm³/mol. The van der Waals surface area contributed by atoms with E-state index < -0.39 is 5.60 Å². The summed E-state index contributed by atoms with van der Waals surface area (Å²) in [6.45, 7) is 5.57. The van der Waals surface area contributed by atoms with E-state index in [0.717, 1.165) is 19.3 Å². The summed E-state index contributed by atoms with van der Waals surface area (Å²) in [4.78, 5) is 13.4. The maximum atomic E-state index is 11.8. The number of amides is 1. The molecule has 0 aromatic heterocycles. The van der Waals surface area contributed by atoms with Crippen molar-refractivity contribution in [3.63, 3.8) is 0 Å². The molecule has 1 rings (SSSR count). The summed E-state index contributed by atoms with van der Waals surface area (Å²) in [7, 11) is 1.75. The lowest BCUT2D eigenvalue weighted by Crippen LogP contribution is -2.43. The van der Waals surface area contributed by atoms with Gasteiger partial charge in [-0.15, -0.1) is 0 Å². The van der Waals surface area contributed by atoms with Crippen LogP contribution in [0.3, 0.4) is 0 Å². The predicted octanol–water partition coefficient (Wildman–Crippen LogP) is 2.16. The molecule has 0 radical (unpaired) electrons. The second kappa shape index (κ2) is 5.04. The molecular formula is C12H23NO3. The highest BCUT2D eigenvalue weighted by molar-refractivity contribution is 5.68. The van der Waals surface area contributed by atoms with Crippen LogP contribution in [0.4, 0.5) is 4.79 Å². The zero-order valence-corrected chi connectivity index (χ0v) is 10.7. The van der Waals surface area contributed by atoms with E-state index in [-0.39, 0.29) is 18.2 Å². The molecule has 1 aliphatic rings. The minimum atomic E-state index is -0.460. The van der Waals surface area contributed by atoms with E-state index in [4.69, 9.17) is 4.74 Å². The molecule has 0 unspecified atom stereocenters. The van der Waals surface area contributed by atoms with Crippen molar-refractivity contribution >= 4 is 6.09 Å². The Morgan fingerprint density at radius 2 is 2.00 bits per heavy atom. The summed E-state index contributed by atoms with van der Waals surface area (Å²) in [6, 6.07) is 0.110. The first kappa shape index (κ1) is 13.3. The van der Waals surface area contributed by atoms with Crippen molar-refractivity contribution in [3.8, 4) is 0 Å². The Morgan fingerprint density at radius 1 is 1.38 bits per heavy atom. The van der Waals surface area contributed by atoms with Gasteiger partial charge in [-0.3, -0.25) is 0 Å². The molecule has 1 fully saturated rings. The number of hydrogen-bond acceptors (Lipinski definition) is 3. The number of aliphatic hydroxyl groups excluding tert-OH is 1. The topological polar surface area (TPSA) is 49.8 Å². The highest BCUT2D eigenvalue weighted by atomic mass is 16.6. The molecule has 1 saturated carbocycles. The quantitative estimate of drug-likeness (QED) is 0.749. The van der Waals surface area contributed by atoms with Crippen LogP contribution in [0, 0.1) is 0 Å². The number of aliphatic hydroxyl groups is 1. The molecule has 0 heterocycles. The van der Waals surface area contributed by atoms with E-state index >= 15 is 0 Å². The van der Waals surface area contributed by atoms with Crippen LogP contribution in [-0.2, 0) is 4.74 Å². The molecule has 0 bridgehead atoms. The maximum Gasteiger partial charge on any atom is 0.410 e. The Labute approximate surface area is 97.6 Å². The third-order valence-electron chi connectivity index (χ3n) is 2.85. The Hall–Kier alpha value is -0.770. The molecule has 2 atom stereocenters. The molecule has 4 heteroatoms. The van der Waals surface area contributed by atoms with Gasteiger partial charge < -0.3 is 14.7 Å². The van der Waals surface area contributed by atoms with Gasteiger partial charge in [-0.2, -0.15) is 0 Å². The van der Waals surface area contributed by atoms with Crippen molar-refractivity contribution in [2.75, 3.05) is 7.05 Å². The third-order valence-corrected chi connectivity index (χ3v) is 2.85. The highest BCUT2D eigenvalue weighted by Gasteiger charge is 2.29. The molecule has 4 nitrogen and oxygen atoms in total. The van der Waals surface area contributed by atoms with Crippen molar-refractivity contribution < 1.29 is 14.6 Å². The summed E-state index contributed by atoms with van der Waals surface area (Å²) in [5.41, 5.74) is -0.460. The first-order valence-electron chi connectivity index (χ1n) is 5.93. The fourth-order valence-electron chi connectivity index (χ4n) is 1.97. The molecule has 1 N–H and O–H groups in total.